The second kappa shape index (κ2) is 8.77. The summed E-state index contributed by atoms with van der Waals surface area (Å²) in [5.41, 5.74) is 1.09. The van der Waals surface area contributed by atoms with Crippen LogP contribution in [0.1, 0.15) is 57.4 Å². The van der Waals surface area contributed by atoms with E-state index in [1.807, 2.05) is 18.2 Å². The number of halogens is 1. The van der Waals surface area contributed by atoms with Gasteiger partial charge in [0.2, 0.25) is 0 Å². The number of nitrogens with one attached hydrogen (secondary N) is 1. The van der Waals surface area contributed by atoms with Gasteiger partial charge in [-0.2, -0.15) is 0 Å². The molecule has 0 amide bonds. The zero-order valence-corrected chi connectivity index (χ0v) is 13.9. The second-order valence-corrected chi connectivity index (χ2v) is 6.56. The molecule has 2 rings (SSSR count). The van der Waals surface area contributed by atoms with Crippen LogP contribution in [-0.4, -0.2) is 18.7 Å². The number of hydrogen-bond donors (Lipinski definition) is 1. The van der Waals surface area contributed by atoms with E-state index in [0.717, 1.165) is 36.5 Å². The maximum atomic E-state index is 6.42. The smallest absolute Gasteiger partial charge is 0.0810 e. The Balaban J connectivity index is 1.99. The van der Waals surface area contributed by atoms with Gasteiger partial charge in [0, 0.05) is 11.6 Å². The fourth-order valence-corrected chi connectivity index (χ4v) is 3.27. The first-order valence-electron chi connectivity index (χ1n) is 8.34. The molecule has 0 unspecified atom stereocenters. The lowest BCUT2D eigenvalue weighted by Crippen LogP contribution is -2.43. The Bertz CT molecular complexity index is 413. The van der Waals surface area contributed by atoms with Crippen LogP contribution in [0.25, 0.3) is 0 Å². The van der Waals surface area contributed by atoms with E-state index < -0.39 is 0 Å². The van der Waals surface area contributed by atoms with Gasteiger partial charge in [0.15, 0.2) is 0 Å². The zero-order chi connectivity index (χ0) is 15.0. The van der Waals surface area contributed by atoms with E-state index in [9.17, 15) is 0 Å². The molecular weight excluding hydrogens is 282 g/mol. The summed E-state index contributed by atoms with van der Waals surface area (Å²) in [6.45, 7) is 4.85. The third kappa shape index (κ3) is 5.28. The van der Waals surface area contributed by atoms with Crippen LogP contribution in [0.4, 0.5) is 0 Å². The SMILES string of the molecule is CCCNCC1(OCc2ccccc2Cl)CCCCCC1. The van der Waals surface area contributed by atoms with Crippen LogP contribution in [0.2, 0.25) is 5.02 Å². The summed E-state index contributed by atoms with van der Waals surface area (Å²) in [5.74, 6) is 0. The van der Waals surface area contributed by atoms with Crippen LogP contribution in [0, 0.1) is 0 Å². The van der Waals surface area contributed by atoms with Crippen LogP contribution in [-0.2, 0) is 11.3 Å². The van der Waals surface area contributed by atoms with Gasteiger partial charge in [0.1, 0.15) is 0 Å². The minimum atomic E-state index is -0.00909. The molecule has 0 aliphatic heterocycles. The van der Waals surface area contributed by atoms with E-state index in [-0.39, 0.29) is 5.60 Å². The highest BCUT2D eigenvalue weighted by atomic mass is 35.5. The molecule has 0 spiro atoms. The number of ether oxygens (including phenoxy) is 1. The lowest BCUT2D eigenvalue weighted by atomic mass is 9.93. The Morgan fingerprint density at radius 3 is 2.52 bits per heavy atom. The summed E-state index contributed by atoms with van der Waals surface area (Å²) in [4.78, 5) is 0. The fourth-order valence-electron chi connectivity index (χ4n) is 3.08. The molecule has 21 heavy (non-hydrogen) atoms. The summed E-state index contributed by atoms with van der Waals surface area (Å²) in [6, 6.07) is 8.00. The number of hydrogen-bond acceptors (Lipinski definition) is 2. The van der Waals surface area contributed by atoms with E-state index in [1.165, 1.54) is 32.1 Å². The highest BCUT2D eigenvalue weighted by Gasteiger charge is 2.31. The highest BCUT2D eigenvalue weighted by molar-refractivity contribution is 6.31. The normalized spacial score (nSPS) is 18.4. The molecule has 2 nitrogen and oxygen atoms in total. The Morgan fingerprint density at radius 2 is 1.86 bits per heavy atom. The van der Waals surface area contributed by atoms with E-state index in [4.69, 9.17) is 16.3 Å². The van der Waals surface area contributed by atoms with Gasteiger partial charge in [0.25, 0.3) is 0 Å². The van der Waals surface area contributed by atoms with Crippen molar-refractivity contribution in [3.05, 3.63) is 34.9 Å². The van der Waals surface area contributed by atoms with E-state index in [0.29, 0.717) is 6.61 Å². The van der Waals surface area contributed by atoms with Crippen molar-refractivity contribution in [3.8, 4) is 0 Å². The lowest BCUT2D eigenvalue weighted by molar-refractivity contribution is -0.0654. The molecule has 3 heteroatoms. The summed E-state index contributed by atoms with van der Waals surface area (Å²) >= 11 is 6.25. The molecule has 1 fully saturated rings. The monoisotopic (exact) mass is 309 g/mol. The highest BCUT2D eigenvalue weighted by Crippen LogP contribution is 2.31. The molecule has 1 aromatic carbocycles. The van der Waals surface area contributed by atoms with Gasteiger partial charge >= 0.3 is 0 Å². The van der Waals surface area contributed by atoms with Crippen molar-refractivity contribution in [2.24, 2.45) is 0 Å². The third-order valence-corrected chi connectivity index (χ3v) is 4.75. The van der Waals surface area contributed by atoms with Crippen LogP contribution in [0.5, 0.6) is 0 Å². The van der Waals surface area contributed by atoms with E-state index in [1.54, 1.807) is 0 Å². The Kier molecular flexibility index (Phi) is 7.01. The first kappa shape index (κ1) is 16.8. The van der Waals surface area contributed by atoms with Gasteiger partial charge in [-0.3, -0.25) is 0 Å². The largest absolute Gasteiger partial charge is 0.369 e. The third-order valence-electron chi connectivity index (χ3n) is 4.38. The Morgan fingerprint density at radius 1 is 1.14 bits per heavy atom. The molecular formula is C18H28ClNO. The first-order chi connectivity index (χ1) is 10.3. The zero-order valence-electron chi connectivity index (χ0n) is 13.2. The van der Waals surface area contributed by atoms with Crippen molar-refractivity contribution in [1.29, 1.82) is 0 Å². The molecule has 1 aliphatic carbocycles. The van der Waals surface area contributed by atoms with E-state index in [2.05, 4.69) is 18.3 Å². The maximum Gasteiger partial charge on any atom is 0.0810 e. The lowest BCUT2D eigenvalue weighted by Gasteiger charge is -2.33. The summed E-state index contributed by atoms with van der Waals surface area (Å²) in [5, 5.41) is 4.37. The molecule has 118 valence electrons. The van der Waals surface area contributed by atoms with Crippen LogP contribution in [0.15, 0.2) is 24.3 Å². The molecule has 0 atom stereocenters. The molecule has 0 radical (unpaired) electrons. The van der Waals surface area contributed by atoms with Gasteiger partial charge in [-0.05, 0) is 37.4 Å². The van der Waals surface area contributed by atoms with Gasteiger partial charge in [-0.1, -0.05) is 62.4 Å². The Labute approximate surface area is 134 Å². The van der Waals surface area contributed by atoms with Crippen LogP contribution >= 0.6 is 11.6 Å². The maximum absolute atomic E-state index is 6.42. The molecule has 0 saturated heterocycles. The standard InChI is InChI=1S/C18H28ClNO/c1-2-13-20-15-18(11-7-3-4-8-12-18)21-14-16-9-5-6-10-17(16)19/h5-6,9-10,20H,2-4,7-8,11-15H2,1H3. The van der Waals surface area contributed by atoms with Crippen molar-refractivity contribution in [2.45, 2.75) is 64.1 Å². The predicted molar refractivity (Wildman–Crippen MR) is 89.8 cm³/mol. The van der Waals surface area contributed by atoms with Crippen molar-refractivity contribution in [3.63, 3.8) is 0 Å². The van der Waals surface area contributed by atoms with Crippen molar-refractivity contribution >= 4 is 11.6 Å². The molecule has 0 heterocycles. The van der Waals surface area contributed by atoms with Gasteiger partial charge in [-0.15, -0.1) is 0 Å². The number of rotatable bonds is 7. The quantitative estimate of drug-likeness (QED) is 0.568. The predicted octanol–water partition coefficient (Wildman–Crippen LogP) is 4.95. The molecule has 0 bridgehead atoms. The second-order valence-electron chi connectivity index (χ2n) is 6.15. The molecule has 1 saturated carbocycles. The van der Waals surface area contributed by atoms with E-state index >= 15 is 0 Å². The first-order valence-corrected chi connectivity index (χ1v) is 8.72. The van der Waals surface area contributed by atoms with Crippen molar-refractivity contribution in [1.82, 2.24) is 5.32 Å². The van der Waals surface area contributed by atoms with Crippen molar-refractivity contribution in [2.75, 3.05) is 13.1 Å². The minimum Gasteiger partial charge on any atom is -0.369 e. The van der Waals surface area contributed by atoms with Gasteiger partial charge in [-0.25, -0.2) is 0 Å². The van der Waals surface area contributed by atoms with Crippen molar-refractivity contribution < 1.29 is 4.74 Å². The minimum absolute atomic E-state index is 0.00909. The average Bonchev–Trinajstić information content (AvgIpc) is 2.73. The molecule has 0 aromatic heterocycles. The average molecular weight is 310 g/mol. The fraction of sp³-hybridized carbons (Fsp3) is 0.667. The van der Waals surface area contributed by atoms with Crippen LogP contribution in [0.3, 0.4) is 0 Å². The summed E-state index contributed by atoms with van der Waals surface area (Å²) < 4.78 is 6.42. The molecule has 1 aliphatic rings. The topological polar surface area (TPSA) is 21.3 Å². The van der Waals surface area contributed by atoms with Gasteiger partial charge in [0.05, 0.1) is 12.2 Å². The molecule has 1 N–H and O–H groups in total. The Hall–Kier alpha value is -0.570. The molecule has 1 aromatic rings. The summed E-state index contributed by atoms with van der Waals surface area (Å²) in [7, 11) is 0. The summed E-state index contributed by atoms with van der Waals surface area (Å²) in [6.07, 6.45) is 8.71. The number of benzene rings is 1. The van der Waals surface area contributed by atoms with Crippen LogP contribution < -0.4 is 5.32 Å². The van der Waals surface area contributed by atoms with Gasteiger partial charge < -0.3 is 10.1 Å².